The molecule has 0 bridgehead atoms. The molecule has 122 valence electrons. The highest BCUT2D eigenvalue weighted by atomic mass is 32.1. The molecule has 2 aromatic rings. The number of hydrogen-bond donors (Lipinski definition) is 2. The molecule has 2 heterocycles. The molecule has 0 spiro atoms. The van der Waals surface area contributed by atoms with Gasteiger partial charge in [-0.15, -0.1) is 16.4 Å². The van der Waals surface area contributed by atoms with Crippen molar-refractivity contribution in [2.45, 2.75) is 38.6 Å². The third kappa shape index (κ3) is 3.92. The number of nitrogens with zero attached hydrogens (tertiary/aromatic N) is 4. The monoisotopic (exact) mass is 335 g/mol. The number of rotatable bonds is 6. The summed E-state index contributed by atoms with van der Waals surface area (Å²) in [4.78, 5) is 28.5. The van der Waals surface area contributed by atoms with Gasteiger partial charge in [-0.05, 0) is 25.7 Å². The van der Waals surface area contributed by atoms with Crippen molar-refractivity contribution in [3.05, 3.63) is 27.5 Å². The Kier molecular flexibility index (Phi) is 4.65. The summed E-state index contributed by atoms with van der Waals surface area (Å²) in [6, 6.07) is 0. The van der Waals surface area contributed by atoms with Gasteiger partial charge in [-0.2, -0.15) is 0 Å². The van der Waals surface area contributed by atoms with Gasteiger partial charge in [0, 0.05) is 17.8 Å². The van der Waals surface area contributed by atoms with Crippen LogP contribution in [0.5, 0.6) is 0 Å². The Morgan fingerprint density at radius 1 is 1.35 bits per heavy atom. The topological polar surface area (TPSA) is 110 Å². The van der Waals surface area contributed by atoms with Crippen molar-refractivity contribution in [2.75, 3.05) is 6.54 Å². The van der Waals surface area contributed by atoms with E-state index in [1.165, 1.54) is 34.3 Å². The molecule has 0 aliphatic heterocycles. The Morgan fingerprint density at radius 2 is 2.17 bits per heavy atom. The van der Waals surface area contributed by atoms with Crippen LogP contribution in [0, 0.1) is 0 Å². The molecule has 0 atom stereocenters. The quantitative estimate of drug-likeness (QED) is 0.803. The van der Waals surface area contributed by atoms with E-state index < -0.39 is 5.97 Å². The third-order valence-electron chi connectivity index (χ3n) is 3.61. The number of carbonyl (C=O) groups excluding carboxylic acids is 1. The van der Waals surface area contributed by atoms with Crippen LogP contribution in [0.25, 0.3) is 0 Å². The van der Waals surface area contributed by atoms with E-state index in [1.807, 2.05) is 0 Å². The van der Waals surface area contributed by atoms with Crippen LogP contribution < -0.4 is 5.32 Å². The van der Waals surface area contributed by atoms with Crippen molar-refractivity contribution < 1.29 is 14.7 Å². The first-order chi connectivity index (χ1) is 11.1. The molecule has 0 unspecified atom stereocenters. The van der Waals surface area contributed by atoms with Gasteiger partial charge in [-0.25, -0.2) is 14.5 Å². The van der Waals surface area contributed by atoms with E-state index in [1.54, 1.807) is 11.3 Å². The maximum Gasteiger partial charge on any atom is 0.358 e. The minimum atomic E-state index is -1.16. The Bertz CT molecular complexity index is 700. The first-order valence-electron chi connectivity index (χ1n) is 7.49. The molecule has 1 aliphatic carbocycles. The molecular weight excluding hydrogens is 318 g/mol. The first-order valence-corrected chi connectivity index (χ1v) is 8.31. The van der Waals surface area contributed by atoms with Gasteiger partial charge in [0.2, 0.25) is 5.91 Å². The van der Waals surface area contributed by atoms with Crippen molar-refractivity contribution in [1.29, 1.82) is 0 Å². The molecule has 9 heteroatoms. The Morgan fingerprint density at radius 3 is 2.91 bits per heavy atom. The summed E-state index contributed by atoms with van der Waals surface area (Å²) < 4.78 is 1.21. The fourth-order valence-electron chi connectivity index (χ4n) is 2.50. The van der Waals surface area contributed by atoms with Crippen LogP contribution in [-0.4, -0.2) is 43.5 Å². The number of thiazole rings is 1. The van der Waals surface area contributed by atoms with Gasteiger partial charge < -0.3 is 10.4 Å². The van der Waals surface area contributed by atoms with E-state index in [4.69, 9.17) is 5.11 Å². The molecule has 0 saturated heterocycles. The number of aromatic nitrogens is 4. The van der Waals surface area contributed by atoms with Gasteiger partial charge in [-0.1, -0.05) is 5.21 Å². The van der Waals surface area contributed by atoms with Gasteiger partial charge in [-0.3, -0.25) is 4.79 Å². The summed E-state index contributed by atoms with van der Waals surface area (Å²) >= 11 is 1.74. The molecule has 0 radical (unpaired) electrons. The van der Waals surface area contributed by atoms with Crippen LogP contribution in [0.4, 0.5) is 0 Å². The fraction of sp³-hybridized carbons (Fsp3) is 0.500. The Balaban J connectivity index is 1.45. The van der Waals surface area contributed by atoms with E-state index in [2.05, 4.69) is 20.6 Å². The minimum Gasteiger partial charge on any atom is -0.476 e. The SMILES string of the molecule is O=C(Cn1cc(C(=O)O)nn1)NCCc1nc2c(s1)CCCC2. The number of carboxylic acids is 1. The van der Waals surface area contributed by atoms with E-state index >= 15 is 0 Å². The predicted octanol–water partition coefficient (Wildman–Crippen LogP) is 0.670. The number of aryl methyl sites for hydroxylation is 2. The lowest BCUT2D eigenvalue weighted by Gasteiger charge is -2.06. The normalized spacial score (nSPS) is 13.6. The molecule has 8 nitrogen and oxygen atoms in total. The van der Waals surface area contributed by atoms with Crippen LogP contribution >= 0.6 is 11.3 Å². The fourth-order valence-corrected chi connectivity index (χ4v) is 3.65. The van der Waals surface area contributed by atoms with Crippen molar-refractivity contribution in [3.63, 3.8) is 0 Å². The molecule has 1 aliphatic rings. The molecule has 2 N–H and O–H groups in total. The molecule has 0 fully saturated rings. The summed E-state index contributed by atoms with van der Waals surface area (Å²) in [6.07, 6.45) is 6.58. The van der Waals surface area contributed by atoms with Gasteiger partial charge in [0.1, 0.15) is 6.54 Å². The largest absolute Gasteiger partial charge is 0.476 e. The summed E-state index contributed by atoms with van der Waals surface area (Å²) in [7, 11) is 0. The number of carboxylic acid groups (broad SMARTS) is 1. The van der Waals surface area contributed by atoms with Crippen LogP contribution in [0.15, 0.2) is 6.20 Å². The minimum absolute atomic E-state index is 0.0470. The van der Waals surface area contributed by atoms with Crippen LogP contribution in [0.1, 0.15) is 38.9 Å². The zero-order valence-electron chi connectivity index (χ0n) is 12.5. The van der Waals surface area contributed by atoms with Crippen molar-refractivity contribution in [2.24, 2.45) is 0 Å². The zero-order valence-corrected chi connectivity index (χ0v) is 13.3. The Labute approximate surface area is 136 Å². The predicted molar refractivity (Wildman–Crippen MR) is 82.5 cm³/mol. The number of hydrogen-bond acceptors (Lipinski definition) is 6. The van der Waals surface area contributed by atoms with E-state index in [-0.39, 0.29) is 18.1 Å². The van der Waals surface area contributed by atoms with Gasteiger partial charge in [0.25, 0.3) is 0 Å². The van der Waals surface area contributed by atoms with Crippen LogP contribution in [0.2, 0.25) is 0 Å². The smallest absolute Gasteiger partial charge is 0.358 e. The highest BCUT2D eigenvalue weighted by Gasteiger charge is 2.15. The highest BCUT2D eigenvalue weighted by Crippen LogP contribution is 2.26. The zero-order chi connectivity index (χ0) is 16.2. The van der Waals surface area contributed by atoms with Crippen molar-refractivity contribution >= 4 is 23.2 Å². The van der Waals surface area contributed by atoms with Gasteiger partial charge >= 0.3 is 5.97 Å². The third-order valence-corrected chi connectivity index (χ3v) is 4.83. The molecule has 1 amide bonds. The first kappa shape index (κ1) is 15.6. The highest BCUT2D eigenvalue weighted by molar-refractivity contribution is 7.11. The summed E-state index contributed by atoms with van der Waals surface area (Å²) in [5, 5.41) is 19.7. The molecule has 0 aromatic carbocycles. The average Bonchev–Trinajstić information content (AvgIpc) is 3.13. The van der Waals surface area contributed by atoms with Crippen molar-refractivity contribution in [3.8, 4) is 0 Å². The maximum absolute atomic E-state index is 11.8. The number of amides is 1. The van der Waals surface area contributed by atoms with E-state index in [9.17, 15) is 9.59 Å². The van der Waals surface area contributed by atoms with Gasteiger partial charge in [0.15, 0.2) is 5.69 Å². The maximum atomic E-state index is 11.8. The van der Waals surface area contributed by atoms with Crippen molar-refractivity contribution in [1.82, 2.24) is 25.3 Å². The molecule has 0 saturated carbocycles. The lowest BCUT2D eigenvalue weighted by atomic mass is 10.0. The number of nitrogens with one attached hydrogen (secondary N) is 1. The van der Waals surface area contributed by atoms with E-state index in [0.29, 0.717) is 13.0 Å². The molecule has 2 aromatic heterocycles. The number of fused-ring (bicyclic) bond motifs is 1. The van der Waals surface area contributed by atoms with Gasteiger partial charge in [0.05, 0.1) is 16.9 Å². The number of aromatic carboxylic acids is 1. The van der Waals surface area contributed by atoms with E-state index in [0.717, 1.165) is 17.8 Å². The summed E-state index contributed by atoms with van der Waals surface area (Å²) in [5.74, 6) is -1.39. The second-order valence-corrected chi connectivity index (χ2v) is 6.56. The second kappa shape index (κ2) is 6.86. The standard InChI is InChI=1S/C14H17N5O3S/c20-12(8-19-7-10(14(21)22)17-18-19)15-6-5-13-16-9-3-1-2-4-11(9)23-13/h7H,1-6,8H2,(H,15,20)(H,21,22). The van der Waals surface area contributed by atoms with Crippen LogP contribution in [0.3, 0.4) is 0 Å². The number of carbonyl (C=O) groups is 2. The molecule has 3 rings (SSSR count). The molecular formula is C14H17N5O3S. The summed E-state index contributed by atoms with van der Waals surface area (Å²) in [6.45, 7) is 0.459. The lowest BCUT2D eigenvalue weighted by molar-refractivity contribution is -0.121. The molecule has 23 heavy (non-hydrogen) atoms. The average molecular weight is 335 g/mol. The lowest BCUT2D eigenvalue weighted by Crippen LogP contribution is -2.29. The second-order valence-electron chi connectivity index (χ2n) is 5.39. The summed E-state index contributed by atoms with van der Waals surface area (Å²) in [5.41, 5.74) is 1.05. The Hall–Kier alpha value is -2.29. The van der Waals surface area contributed by atoms with Crippen LogP contribution in [-0.2, 0) is 30.6 Å².